The van der Waals surface area contributed by atoms with Crippen LogP contribution in [0.5, 0.6) is 0 Å². The second kappa shape index (κ2) is 8.99. The standard InChI is InChI=1S/C23H26N4O2/c1-16(18-12-11-17-6-2-3-7-19(17)14-18)25-21(28)9-4-10-22-26-23(27-29-22)20-8-5-13-24-15-20/h5,8,11-16H,2-4,6-7,9-10H2,1H3,(H,25,28)/t16-/m1/s1. The first-order valence-corrected chi connectivity index (χ1v) is 10.3. The van der Waals surface area contributed by atoms with Crippen molar-refractivity contribution < 1.29 is 9.32 Å². The summed E-state index contributed by atoms with van der Waals surface area (Å²) >= 11 is 0. The fraction of sp³-hybridized carbons (Fsp3) is 0.391. The molecule has 0 saturated heterocycles. The molecule has 1 amide bonds. The first kappa shape index (κ1) is 19.3. The molecule has 0 aliphatic heterocycles. The van der Waals surface area contributed by atoms with Gasteiger partial charge in [-0.2, -0.15) is 4.98 Å². The van der Waals surface area contributed by atoms with Gasteiger partial charge in [0.05, 0.1) is 6.04 Å². The van der Waals surface area contributed by atoms with Crippen molar-refractivity contribution in [3.05, 3.63) is 65.3 Å². The second-order valence-corrected chi connectivity index (χ2v) is 7.63. The van der Waals surface area contributed by atoms with Crippen LogP contribution in [0, 0.1) is 0 Å². The summed E-state index contributed by atoms with van der Waals surface area (Å²) in [6.45, 7) is 2.04. The van der Waals surface area contributed by atoms with Crippen LogP contribution in [0.25, 0.3) is 11.4 Å². The molecule has 6 nitrogen and oxygen atoms in total. The zero-order chi connectivity index (χ0) is 20.1. The van der Waals surface area contributed by atoms with E-state index in [0.717, 1.165) is 12.0 Å². The second-order valence-electron chi connectivity index (χ2n) is 7.63. The van der Waals surface area contributed by atoms with E-state index in [1.54, 1.807) is 12.4 Å². The van der Waals surface area contributed by atoms with E-state index >= 15 is 0 Å². The van der Waals surface area contributed by atoms with E-state index in [1.165, 1.54) is 36.0 Å². The lowest BCUT2D eigenvalue weighted by atomic mass is 9.89. The Labute approximate surface area is 170 Å². The van der Waals surface area contributed by atoms with Crippen molar-refractivity contribution in [1.82, 2.24) is 20.4 Å². The largest absolute Gasteiger partial charge is 0.350 e. The molecule has 0 bridgehead atoms. The Morgan fingerprint density at radius 3 is 2.90 bits per heavy atom. The van der Waals surface area contributed by atoms with E-state index in [0.29, 0.717) is 31.0 Å². The number of benzene rings is 1. The molecule has 29 heavy (non-hydrogen) atoms. The van der Waals surface area contributed by atoms with E-state index in [2.05, 4.69) is 38.6 Å². The molecular formula is C23H26N4O2. The van der Waals surface area contributed by atoms with Crippen LogP contribution in [-0.2, 0) is 24.1 Å². The first-order chi connectivity index (χ1) is 14.2. The molecule has 4 rings (SSSR count). The maximum absolute atomic E-state index is 12.3. The molecule has 6 heteroatoms. The Morgan fingerprint density at radius 2 is 2.07 bits per heavy atom. The number of fused-ring (bicyclic) bond motifs is 1. The van der Waals surface area contributed by atoms with Gasteiger partial charge in [-0.1, -0.05) is 23.4 Å². The number of aromatic nitrogens is 3. The van der Waals surface area contributed by atoms with Gasteiger partial charge in [0.1, 0.15) is 0 Å². The molecular weight excluding hydrogens is 364 g/mol. The van der Waals surface area contributed by atoms with Gasteiger partial charge in [0.15, 0.2) is 0 Å². The summed E-state index contributed by atoms with van der Waals surface area (Å²) in [4.78, 5) is 20.8. The average Bonchev–Trinajstić information content (AvgIpc) is 3.23. The summed E-state index contributed by atoms with van der Waals surface area (Å²) in [5, 5.41) is 7.09. The van der Waals surface area contributed by atoms with E-state index in [-0.39, 0.29) is 11.9 Å². The number of carbonyl (C=O) groups excluding carboxylic acids is 1. The molecule has 1 aliphatic rings. The van der Waals surface area contributed by atoms with Gasteiger partial charge in [-0.25, -0.2) is 0 Å². The fourth-order valence-electron chi connectivity index (χ4n) is 3.79. The molecule has 3 aromatic rings. The van der Waals surface area contributed by atoms with Gasteiger partial charge < -0.3 is 9.84 Å². The van der Waals surface area contributed by atoms with Gasteiger partial charge in [0, 0.05) is 30.8 Å². The minimum Gasteiger partial charge on any atom is -0.350 e. The molecule has 1 aliphatic carbocycles. The van der Waals surface area contributed by atoms with Crippen LogP contribution in [0.15, 0.2) is 47.2 Å². The zero-order valence-electron chi connectivity index (χ0n) is 16.7. The topological polar surface area (TPSA) is 80.9 Å². The Hall–Kier alpha value is -3.02. The summed E-state index contributed by atoms with van der Waals surface area (Å²) in [6.07, 6.45) is 9.94. The van der Waals surface area contributed by atoms with Crippen molar-refractivity contribution in [2.45, 2.75) is 57.9 Å². The van der Waals surface area contributed by atoms with Crippen LogP contribution in [0.1, 0.15) is 61.2 Å². The molecule has 1 aromatic carbocycles. The maximum Gasteiger partial charge on any atom is 0.226 e. The smallest absolute Gasteiger partial charge is 0.226 e. The van der Waals surface area contributed by atoms with Crippen LogP contribution in [-0.4, -0.2) is 21.0 Å². The van der Waals surface area contributed by atoms with E-state index < -0.39 is 0 Å². The van der Waals surface area contributed by atoms with Gasteiger partial charge in [0.25, 0.3) is 0 Å². The Morgan fingerprint density at radius 1 is 1.21 bits per heavy atom. The molecule has 0 fully saturated rings. The quantitative estimate of drug-likeness (QED) is 0.653. The predicted octanol–water partition coefficient (Wildman–Crippen LogP) is 4.21. The third-order valence-electron chi connectivity index (χ3n) is 5.43. The number of hydrogen-bond donors (Lipinski definition) is 1. The molecule has 0 saturated carbocycles. The number of amides is 1. The normalized spacial score (nSPS) is 14.2. The predicted molar refractivity (Wildman–Crippen MR) is 110 cm³/mol. The summed E-state index contributed by atoms with van der Waals surface area (Å²) in [5.74, 6) is 1.11. The maximum atomic E-state index is 12.3. The summed E-state index contributed by atoms with van der Waals surface area (Å²) in [7, 11) is 0. The van der Waals surface area contributed by atoms with E-state index in [4.69, 9.17) is 4.52 Å². The third kappa shape index (κ3) is 4.88. The third-order valence-corrected chi connectivity index (χ3v) is 5.43. The van der Waals surface area contributed by atoms with Crippen molar-refractivity contribution in [2.24, 2.45) is 0 Å². The molecule has 2 heterocycles. The summed E-state index contributed by atoms with van der Waals surface area (Å²) in [5.41, 5.74) is 4.90. The van der Waals surface area contributed by atoms with Gasteiger partial charge in [-0.05, 0) is 67.9 Å². The SMILES string of the molecule is C[C@@H](NC(=O)CCCc1nc(-c2cccnc2)no1)c1ccc2c(c1)CCCC2. The Bertz CT molecular complexity index is 968. The summed E-state index contributed by atoms with van der Waals surface area (Å²) in [6, 6.07) is 10.4. The number of rotatable bonds is 7. The molecule has 1 atom stereocenters. The lowest BCUT2D eigenvalue weighted by Gasteiger charge is -2.20. The lowest BCUT2D eigenvalue weighted by molar-refractivity contribution is -0.121. The average molecular weight is 390 g/mol. The highest BCUT2D eigenvalue weighted by atomic mass is 16.5. The monoisotopic (exact) mass is 390 g/mol. The van der Waals surface area contributed by atoms with Gasteiger partial charge in [-0.3, -0.25) is 9.78 Å². The molecule has 2 aromatic heterocycles. The van der Waals surface area contributed by atoms with Crippen LogP contribution >= 0.6 is 0 Å². The highest BCUT2D eigenvalue weighted by Crippen LogP contribution is 2.25. The molecule has 0 radical (unpaired) electrons. The van der Waals surface area contributed by atoms with Gasteiger partial charge in [-0.15, -0.1) is 0 Å². The Kier molecular flexibility index (Phi) is 5.98. The zero-order valence-corrected chi connectivity index (χ0v) is 16.7. The van der Waals surface area contributed by atoms with Crippen LogP contribution in [0.4, 0.5) is 0 Å². The van der Waals surface area contributed by atoms with Crippen LogP contribution in [0.3, 0.4) is 0 Å². The van der Waals surface area contributed by atoms with Crippen molar-refractivity contribution in [3.63, 3.8) is 0 Å². The van der Waals surface area contributed by atoms with Gasteiger partial charge in [0.2, 0.25) is 17.6 Å². The van der Waals surface area contributed by atoms with Crippen LogP contribution < -0.4 is 5.32 Å². The minimum atomic E-state index is 0.00955. The number of aryl methyl sites for hydroxylation is 3. The molecule has 150 valence electrons. The van der Waals surface area contributed by atoms with E-state index in [9.17, 15) is 4.79 Å². The summed E-state index contributed by atoms with van der Waals surface area (Å²) < 4.78 is 5.28. The first-order valence-electron chi connectivity index (χ1n) is 10.3. The highest BCUT2D eigenvalue weighted by molar-refractivity contribution is 5.76. The van der Waals surface area contributed by atoms with Crippen molar-refractivity contribution in [3.8, 4) is 11.4 Å². The molecule has 0 spiro atoms. The number of carbonyl (C=O) groups is 1. The molecule has 1 N–H and O–H groups in total. The Balaban J connectivity index is 1.25. The van der Waals surface area contributed by atoms with Gasteiger partial charge >= 0.3 is 0 Å². The lowest BCUT2D eigenvalue weighted by Crippen LogP contribution is -2.26. The number of nitrogens with zero attached hydrogens (tertiary/aromatic N) is 3. The fourth-order valence-corrected chi connectivity index (χ4v) is 3.79. The number of nitrogens with one attached hydrogen (secondary N) is 1. The number of pyridine rings is 1. The number of hydrogen-bond acceptors (Lipinski definition) is 5. The van der Waals surface area contributed by atoms with Crippen molar-refractivity contribution >= 4 is 5.91 Å². The van der Waals surface area contributed by atoms with E-state index in [1.807, 2.05) is 19.1 Å². The van der Waals surface area contributed by atoms with Crippen molar-refractivity contribution in [1.29, 1.82) is 0 Å². The van der Waals surface area contributed by atoms with Crippen LogP contribution in [0.2, 0.25) is 0 Å². The minimum absolute atomic E-state index is 0.00955. The highest BCUT2D eigenvalue weighted by Gasteiger charge is 2.15. The van der Waals surface area contributed by atoms with Crippen molar-refractivity contribution in [2.75, 3.05) is 0 Å². The molecule has 0 unspecified atom stereocenters.